The first-order valence-electron chi connectivity index (χ1n) is 12.5. The third-order valence-electron chi connectivity index (χ3n) is 5.98. The van der Waals surface area contributed by atoms with Crippen LogP contribution in [0.15, 0.2) is 76.6 Å². The second kappa shape index (κ2) is 13.4. The lowest BCUT2D eigenvalue weighted by Gasteiger charge is -2.31. The van der Waals surface area contributed by atoms with Crippen molar-refractivity contribution in [2.75, 3.05) is 25.9 Å². The van der Waals surface area contributed by atoms with Crippen LogP contribution in [-0.4, -0.2) is 65.6 Å². The third-order valence-corrected chi connectivity index (χ3v) is 7.82. The number of aliphatic hydroxyl groups is 1. The number of nitrogens with zero attached hydrogens (tertiary/aromatic N) is 3. The summed E-state index contributed by atoms with van der Waals surface area (Å²) in [5.41, 5.74) is 5.67. The van der Waals surface area contributed by atoms with E-state index in [4.69, 9.17) is 10.5 Å². The number of ether oxygens (including phenoxy) is 1. The van der Waals surface area contributed by atoms with Crippen LogP contribution in [0.25, 0.3) is 0 Å². The highest BCUT2D eigenvalue weighted by Gasteiger charge is 2.31. The number of nitrogens with two attached hydrogens (primary N) is 1. The predicted octanol–water partition coefficient (Wildman–Crippen LogP) is 1.27. The standard InChI is InChI=1S/C27H35N5O6S/c1-19(2)16-32(39(36,37)22-11-9-21(38-3)10-12-22)17-24(33)23(15-20-7-5-4-6-8-20)29-26(34)18-31-14-13-25(28)30-27(31)35/h4-14,19,23-24,33H,15-18H2,1-3H3,(H,29,34)(H2,28,30,35)/t23-,24+/m0/s1. The van der Waals surface area contributed by atoms with Crippen LogP contribution in [0.3, 0.4) is 0 Å². The van der Waals surface area contributed by atoms with Crippen molar-refractivity contribution in [3.8, 4) is 5.75 Å². The van der Waals surface area contributed by atoms with Crippen LogP contribution in [0, 0.1) is 5.92 Å². The molecular weight excluding hydrogens is 522 g/mol. The van der Waals surface area contributed by atoms with Crippen molar-refractivity contribution in [1.29, 1.82) is 0 Å². The Hall–Kier alpha value is -3.74. The average Bonchev–Trinajstić information content (AvgIpc) is 2.90. The Kier molecular flexibility index (Phi) is 10.2. The first-order valence-corrected chi connectivity index (χ1v) is 13.9. The number of methoxy groups -OCH3 is 1. The number of anilines is 1. The number of amides is 1. The summed E-state index contributed by atoms with van der Waals surface area (Å²) in [6, 6.07) is 15.8. The summed E-state index contributed by atoms with van der Waals surface area (Å²) in [5, 5.41) is 14.1. The van der Waals surface area contributed by atoms with Gasteiger partial charge >= 0.3 is 5.69 Å². The number of sulfonamides is 1. The molecule has 4 N–H and O–H groups in total. The summed E-state index contributed by atoms with van der Waals surface area (Å²) in [6.07, 6.45) is 0.335. The molecule has 0 unspecified atom stereocenters. The zero-order chi connectivity index (χ0) is 28.6. The molecule has 11 nitrogen and oxygen atoms in total. The molecule has 3 rings (SSSR count). The molecule has 0 aliphatic rings. The minimum absolute atomic E-state index is 0.0303. The van der Waals surface area contributed by atoms with Crippen LogP contribution in [0.1, 0.15) is 19.4 Å². The largest absolute Gasteiger partial charge is 0.497 e. The van der Waals surface area contributed by atoms with Crippen LogP contribution in [0.5, 0.6) is 5.75 Å². The minimum Gasteiger partial charge on any atom is -0.497 e. The van der Waals surface area contributed by atoms with Gasteiger partial charge in [0.15, 0.2) is 0 Å². The molecule has 0 radical (unpaired) electrons. The number of nitrogens with one attached hydrogen (secondary N) is 1. The molecule has 2 aromatic carbocycles. The van der Waals surface area contributed by atoms with Gasteiger partial charge in [-0.05, 0) is 48.2 Å². The zero-order valence-electron chi connectivity index (χ0n) is 22.2. The van der Waals surface area contributed by atoms with Gasteiger partial charge in [-0.15, -0.1) is 0 Å². The molecule has 1 amide bonds. The Bertz CT molecular complexity index is 1390. The lowest BCUT2D eigenvalue weighted by molar-refractivity contribution is -0.123. The maximum atomic E-state index is 13.5. The van der Waals surface area contributed by atoms with Gasteiger partial charge in [-0.25, -0.2) is 13.2 Å². The van der Waals surface area contributed by atoms with Crippen molar-refractivity contribution < 1.29 is 23.1 Å². The van der Waals surface area contributed by atoms with Crippen LogP contribution in [0.4, 0.5) is 5.82 Å². The minimum atomic E-state index is -3.97. The number of rotatable bonds is 13. The average molecular weight is 558 g/mol. The van der Waals surface area contributed by atoms with E-state index >= 15 is 0 Å². The van der Waals surface area contributed by atoms with Crippen LogP contribution in [-0.2, 0) is 27.8 Å². The smallest absolute Gasteiger partial charge is 0.349 e. The lowest BCUT2D eigenvalue weighted by Crippen LogP contribution is -2.52. The van der Waals surface area contributed by atoms with E-state index in [1.165, 1.54) is 35.8 Å². The summed E-state index contributed by atoms with van der Waals surface area (Å²) in [5.74, 6) is -0.0165. The molecule has 0 fully saturated rings. The molecule has 210 valence electrons. The Morgan fingerprint density at radius 3 is 2.36 bits per heavy atom. The van der Waals surface area contributed by atoms with E-state index in [1.54, 1.807) is 12.1 Å². The Balaban J connectivity index is 1.85. The number of hydrogen-bond acceptors (Lipinski definition) is 8. The fraction of sp³-hybridized carbons (Fsp3) is 0.370. The van der Waals surface area contributed by atoms with Gasteiger partial charge in [-0.2, -0.15) is 9.29 Å². The molecule has 0 spiro atoms. The van der Waals surface area contributed by atoms with Crippen molar-refractivity contribution >= 4 is 21.7 Å². The van der Waals surface area contributed by atoms with Gasteiger partial charge in [0.25, 0.3) is 0 Å². The number of carbonyl (C=O) groups is 1. The Labute approximate surface area is 228 Å². The van der Waals surface area contributed by atoms with E-state index in [0.29, 0.717) is 5.75 Å². The van der Waals surface area contributed by atoms with Gasteiger partial charge in [0.1, 0.15) is 18.1 Å². The first-order chi connectivity index (χ1) is 18.5. The van der Waals surface area contributed by atoms with Gasteiger partial charge in [-0.1, -0.05) is 44.2 Å². The number of aromatic nitrogens is 2. The van der Waals surface area contributed by atoms with Crippen molar-refractivity contribution in [2.24, 2.45) is 5.92 Å². The van der Waals surface area contributed by atoms with Crippen molar-refractivity contribution in [3.05, 3.63) is 82.9 Å². The van der Waals surface area contributed by atoms with Crippen LogP contribution < -0.4 is 21.5 Å². The Morgan fingerprint density at radius 1 is 1.10 bits per heavy atom. The van der Waals surface area contributed by atoms with E-state index in [2.05, 4.69) is 10.3 Å². The lowest BCUT2D eigenvalue weighted by atomic mass is 10.0. The van der Waals surface area contributed by atoms with Gasteiger partial charge in [0.05, 0.1) is 24.2 Å². The van der Waals surface area contributed by atoms with Crippen molar-refractivity contribution in [2.45, 2.75) is 43.9 Å². The second-order valence-electron chi connectivity index (χ2n) is 9.59. The summed E-state index contributed by atoms with van der Waals surface area (Å²) >= 11 is 0. The normalized spacial score (nSPS) is 13.3. The number of hydrogen-bond donors (Lipinski definition) is 3. The van der Waals surface area contributed by atoms with E-state index in [-0.39, 0.29) is 42.7 Å². The maximum Gasteiger partial charge on any atom is 0.349 e. The topological polar surface area (TPSA) is 157 Å². The molecule has 3 aromatic rings. The third kappa shape index (κ3) is 8.37. The zero-order valence-corrected chi connectivity index (χ0v) is 23.0. The summed E-state index contributed by atoms with van der Waals surface area (Å²) in [4.78, 5) is 28.7. The molecular formula is C27H35N5O6S. The first kappa shape index (κ1) is 29.8. The van der Waals surface area contributed by atoms with E-state index in [9.17, 15) is 23.1 Å². The molecule has 0 aliphatic carbocycles. The fourth-order valence-electron chi connectivity index (χ4n) is 4.03. The molecule has 0 saturated heterocycles. The SMILES string of the molecule is COc1ccc(S(=O)(=O)N(CC(C)C)C[C@@H](O)[C@H](Cc2ccccc2)NC(=O)Cn2ccc(N)nc2=O)cc1. The number of nitrogen functional groups attached to an aromatic ring is 1. The molecule has 0 aliphatic heterocycles. The highest BCUT2D eigenvalue weighted by Crippen LogP contribution is 2.21. The van der Waals surface area contributed by atoms with Gasteiger partial charge in [0.2, 0.25) is 15.9 Å². The molecule has 0 saturated carbocycles. The Morgan fingerprint density at radius 2 is 1.77 bits per heavy atom. The number of aliphatic hydroxyl groups excluding tert-OH is 1. The molecule has 12 heteroatoms. The summed E-state index contributed by atoms with van der Waals surface area (Å²) in [7, 11) is -2.48. The number of carbonyl (C=O) groups excluding carboxylic acids is 1. The molecule has 2 atom stereocenters. The molecule has 39 heavy (non-hydrogen) atoms. The van der Waals surface area contributed by atoms with E-state index in [0.717, 1.165) is 10.1 Å². The van der Waals surface area contributed by atoms with E-state index < -0.39 is 33.8 Å². The van der Waals surface area contributed by atoms with Gasteiger partial charge in [0, 0.05) is 19.3 Å². The number of benzene rings is 2. The maximum absolute atomic E-state index is 13.5. The fourth-order valence-corrected chi connectivity index (χ4v) is 5.65. The van der Waals surface area contributed by atoms with Gasteiger partial charge in [-0.3, -0.25) is 9.36 Å². The van der Waals surface area contributed by atoms with Crippen molar-refractivity contribution in [1.82, 2.24) is 19.2 Å². The predicted molar refractivity (Wildman–Crippen MR) is 148 cm³/mol. The monoisotopic (exact) mass is 557 g/mol. The molecule has 1 aromatic heterocycles. The van der Waals surface area contributed by atoms with Crippen LogP contribution in [0.2, 0.25) is 0 Å². The summed E-state index contributed by atoms with van der Waals surface area (Å²) in [6.45, 7) is 3.32. The highest BCUT2D eigenvalue weighted by atomic mass is 32.2. The quantitative estimate of drug-likeness (QED) is 0.284. The highest BCUT2D eigenvalue weighted by molar-refractivity contribution is 7.89. The van der Waals surface area contributed by atoms with Crippen LogP contribution >= 0.6 is 0 Å². The summed E-state index contributed by atoms with van der Waals surface area (Å²) < 4.78 is 34.5. The second-order valence-corrected chi connectivity index (χ2v) is 11.5. The molecule has 0 bridgehead atoms. The van der Waals surface area contributed by atoms with Crippen molar-refractivity contribution in [3.63, 3.8) is 0 Å². The van der Waals surface area contributed by atoms with Gasteiger partial charge < -0.3 is 20.9 Å². The molecule has 1 heterocycles. The van der Waals surface area contributed by atoms with E-state index in [1.807, 2.05) is 44.2 Å².